The summed E-state index contributed by atoms with van der Waals surface area (Å²) in [5.41, 5.74) is 0.338. The highest BCUT2D eigenvalue weighted by Gasteiger charge is 2.44. The lowest BCUT2D eigenvalue weighted by Crippen LogP contribution is -2.59. The van der Waals surface area contributed by atoms with Crippen molar-refractivity contribution in [1.82, 2.24) is 15.1 Å². The van der Waals surface area contributed by atoms with Crippen LogP contribution in [0.15, 0.2) is 18.2 Å². The molecular weight excluding hydrogens is 476 g/mol. The van der Waals surface area contributed by atoms with Gasteiger partial charge in [-0.15, -0.1) is 10.2 Å². The molecule has 34 heavy (non-hydrogen) atoms. The van der Waals surface area contributed by atoms with Crippen LogP contribution < -0.4 is 9.64 Å². The Morgan fingerprint density at radius 2 is 1.94 bits per heavy atom. The van der Waals surface area contributed by atoms with Crippen LogP contribution in [0.3, 0.4) is 0 Å². The first-order valence-corrected chi connectivity index (χ1v) is 12.8. The lowest BCUT2D eigenvalue weighted by molar-refractivity contribution is -0.0213. The molecular formula is C24H33ClN4O4S. The highest BCUT2D eigenvalue weighted by Crippen LogP contribution is 2.40. The molecule has 1 aromatic carbocycles. The van der Waals surface area contributed by atoms with E-state index >= 15 is 0 Å². The van der Waals surface area contributed by atoms with Crippen molar-refractivity contribution in [1.29, 1.82) is 0 Å². The quantitative estimate of drug-likeness (QED) is 0.470. The van der Waals surface area contributed by atoms with Gasteiger partial charge < -0.3 is 24.0 Å². The van der Waals surface area contributed by atoms with E-state index in [4.69, 9.17) is 25.8 Å². The van der Waals surface area contributed by atoms with Gasteiger partial charge in [-0.1, -0.05) is 22.9 Å². The zero-order valence-corrected chi connectivity index (χ0v) is 22.0. The highest BCUT2D eigenvalue weighted by atomic mass is 35.5. The number of hydrogen-bond acceptors (Lipinski definition) is 8. The number of ether oxygens (including phenoxy) is 3. The molecule has 0 radical (unpaired) electrons. The number of halogens is 1. The van der Waals surface area contributed by atoms with Crippen LogP contribution in [0.5, 0.6) is 5.75 Å². The van der Waals surface area contributed by atoms with Crippen LogP contribution in [0.1, 0.15) is 52.9 Å². The SMILES string of the molecule is COCOc1cc(Cl)ccc1-c1nnc(N(C)C2C[C@H]3CCC[C@@H](C2)N3C(=O)OC(C)(C)C)s1. The van der Waals surface area contributed by atoms with Gasteiger partial charge in [0.05, 0.1) is 5.56 Å². The van der Waals surface area contributed by atoms with Crippen molar-refractivity contribution in [2.45, 2.75) is 76.6 Å². The summed E-state index contributed by atoms with van der Waals surface area (Å²) in [7, 11) is 3.64. The van der Waals surface area contributed by atoms with Gasteiger partial charge in [-0.05, 0) is 71.1 Å². The van der Waals surface area contributed by atoms with Crippen molar-refractivity contribution < 1.29 is 19.0 Å². The van der Waals surface area contributed by atoms with E-state index < -0.39 is 5.60 Å². The molecule has 3 atom stereocenters. The number of anilines is 1. The first-order valence-electron chi connectivity index (χ1n) is 11.7. The minimum atomic E-state index is -0.491. The highest BCUT2D eigenvalue weighted by molar-refractivity contribution is 7.18. The topological polar surface area (TPSA) is 77.0 Å². The largest absolute Gasteiger partial charge is 0.467 e. The van der Waals surface area contributed by atoms with E-state index in [-0.39, 0.29) is 31.0 Å². The zero-order valence-electron chi connectivity index (χ0n) is 20.4. The van der Waals surface area contributed by atoms with Crippen molar-refractivity contribution in [3.63, 3.8) is 0 Å². The molecule has 1 aromatic heterocycles. The Labute approximate surface area is 210 Å². The minimum Gasteiger partial charge on any atom is -0.467 e. The average molecular weight is 509 g/mol. The molecule has 10 heteroatoms. The maximum Gasteiger partial charge on any atom is 0.410 e. The molecule has 2 fully saturated rings. The van der Waals surface area contributed by atoms with Crippen LogP contribution in [0, 0.1) is 0 Å². The third-order valence-electron chi connectivity index (χ3n) is 6.32. The van der Waals surface area contributed by atoms with Crippen LogP contribution in [0.25, 0.3) is 10.6 Å². The van der Waals surface area contributed by atoms with E-state index in [0.717, 1.165) is 47.8 Å². The molecule has 2 aromatic rings. The second kappa shape index (κ2) is 10.3. The van der Waals surface area contributed by atoms with E-state index in [1.807, 2.05) is 37.8 Å². The lowest BCUT2D eigenvalue weighted by Gasteiger charge is -2.50. The Balaban J connectivity index is 1.49. The van der Waals surface area contributed by atoms with Crippen LogP contribution in [0.2, 0.25) is 5.02 Å². The molecule has 0 aliphatic carbocycles. The normalized spacial score (nSPS) is 22.4. The molecule has 2 aliphatic heterocycles. The first-order chi connectivity index (χ1) is 16.2. The summed E-state index contributed by atoms with van der Waals surface area (Å²) in [6.07, 6.45) is 4.76. The van der Waals surface area contributed by atoms with Gasteiger partial charge in [-0.2, -0.15) is 0 Å². The molecule has 4 rings (SSSR count). The Morgan fingerprint density at radius 1 is 1.24 bits per heavy atom. The van der Waals surface area contributed by atoms with Crippen molar-refractivity contribution >= 4 is 34.2 Å². The number of aromatic nitrogens is 2. The van der Waals surface area contributed by atoms with Gasteiger partial charge in [0.25, 0.3) is 0 Å². The summed E-state index contributed by atoms with van der Waals surface area (Å²) in [5.74, 6) is 0.611. The van der Waals surface area contributed by atoms with Crippen LogP contribution in [-0.4, -0.2) is 65.9 Å². The van der Waals surface area contributed by atoms with Crippen molar-refractivity contribution in [3.8, 4) is 16.3 Å². The summed E-state index contributed by atoms with van der Waals surface area (Å²) in [5, 5.41) is 11.1. The van der Waals surface area contributed by atoms with Gasteiger partial charge in [0.15, 0.2) is 11.8 Å². The lowest BCUT2D eigenvalue weighted by atomic mass is 9.81. The number of amides is 1. The van der Waals surface area contributed by atoms with Crippen molar-refractivity contribution in [2.75, 3.05) is 25.9 Å². The number of carbonyl (C=O) groups is 1. The van der Waals surface area contributed by atoms with Gasteiger partial charge in [-0.25, -0.2) is 4.79 Å². The fourth-order valence-electron chi connectivity index (χ4n) is 4.82. The number of benzene rings is 1. The van der Waals surface area contributed by atoms with Crippen molar-refractivity contribution in [3.05, 3.63) is 23.2 Å². The van der Waals surface area contributed by atoms with E-state index in [0.29, 0.717) is 10.8 Å². The van der Waals surface area contributed by atoms with Gasteiger partial charge >= 0.3 is 6.09 Å². The minimum absolute atomic E-state index is 0.123. The molecule has 186 valence electrons. The number of fused-ring (bicyclic) bond motifs is 2. The fourth-order valence-corrected chi connectivity index (χ4v) is 5.89. The van der Waals surface area contributed by atoms with Crippen molar-refractivity contribution in [2.24, 2.45) is 0 Å². The molecule has 8 nitrogen and oxygen atoms in total. The van der Waals surface area contributed by atoms with E-state index in [9.17, 15) is 4.79 Å². The molecule has 2 saturated heterocycles. The predicted molar refractivity (Wildman–Crippen MR) is 134 cm³/mol. The smallest absolute Gasteiger partial charge is 0.410 e. The third-order valence-corrected chi connectivity index (χ3v) is 7.61. The number of methoxy groups -OCH3 is 1. The molecule has 3 heterocycles. The second-order valence-electron chi connectivity index (χ2n) is 9.94. The predicted octanol–water partition coefficient (Wildman–Crippen LogP) is 5.60. The molecule has 0 spiro atoms. The number of carbonyl (C=O) groups excluding carboxylic acids is 1. The van der Waals surface area contributed by atoms with Crippen LogP contribution in [0.4, 0.5) is 9.93 Å². The van der Waals surface area contributed by atoms with Gasteiger partial charge in [0.2, 0.25) is 5.13 Å². The molecule has 2 aliphatic rings. The summed E-state index contributed by atoms with van der Waals surface area (Å²) in [6.45, 7) is 5.87. The summed E-state index contributed by atoms with van der Waals surface area (Å²) in [6, 6.07) is 6.12. The van der Waals surface area contributed by atoms with Crippen LogP contribution >= 0.6 is 22.9 Å². The monoisotopic (exact) mass is 508 g/mol. The maximum atomic E-state index is 12.9. The van der Waals surface area contributed by atoms with Gasteiger partial charge in [0, 0.05) is 37.3 Å². The van der Waals surface area contributed by atoms with E-state index in [1.54, 1.807) is 13.2 Å². The van der Waals surface area contributed by atoms with E-state index in [1.165, 1.54) is 11.3 Å². The number of rotatable bonds is 6. The molecule has 2 bridgehead atoms. The Kier molecular flexibility index (Phi) is 7.54. The second-order valence-corrected chi connectivity index (χ2v) is 11.3. The maximum absolute atomic E-state index is 12.9. The first kappa shape index (κ1) is 25.0. The Bertz CT molecular complexity index is 997. The zero-order chi connectivity index (χ0) is 24.5. The molecule has 1 amide bonds. The fraction of sp³-hybridized carbons (Fsp3) is 0.625. The summed E-state index contributed by atoms with van der Waals surface area (Å²) < 4.78 is 16.5. The van der Waals surface area contributed by atoms with E-state index in [2.05, 4.69) is 22.1 Å². The number of hydrogen-bond donors (Lipinski definition) is 0. The number of nitrogens with zero attached hydrogens (tertiary/aromatic N) is 4. The average Bonchev–Trinajstić information content (AvgIpc) is 3.25. The Hall–Kier alpha value is -2.10. The van der Waals surface area contributed by atoms with Crippen LogP contribution in [-0.2, 0) is 9.47 Å². The molecule has 1 unspecified atom stereocenters. The number of piperidine rings is 2. The summed E-state index contributed by atoms with van der Waals surface area (Å²) in [4.78, 5) is 17.1. The molecule has 0 saturated carbocycles. The third kappa shape index (κ3) is 5.58. The van der Waals surface area contributed by atoms with Gasteiger partial charge in [-0.3, -0.25) is 0 Å². The van der Waals surface area contributed by atoms with Gasteiger partial charge in [0.1, 0.15) is 11.4 Å². The molecule has 0 N–H and O–H groups in total. The standard InChI is InChI=1S/C24H33ClN4O4S/c1-24(2,3)33-23(30)29-16-7-6-8-17(29)13-18(12-16)28(4)22-27-26-21(34-22)19-10-9-15(25)11-20(19)32-14-31-5/h9-11,16-18H,6-8,12-14H2,1-5H3/t16-,17+,18?. The summed E-state index contributed by atoms with van der Waals surface area (Å²) >= 11 is 7.68. The Morgan fingerprint density at radius 3 is 2.59 bits per heavy atom.